The van der Waals surface area contributed by atoms with Crippen LogP contribution in [0.1, 0.15) is 28.4 Å². The van der Waals surface area contributed by atoms with Gasteiger partial charge >= 0.3 is 5.97 Å². The van der Waals surface area contributed by atoms with Gasteiger partial charge in [-0.1, -0.05) is 54.6 Å². The van der Waals surface area contributed by atoms with Gasteiger partial charge in [-0.15, -0.1) is 0 Å². The highest BCUT2D eigenvalue weighted by atomic mass is 79.9. The van der Waals surface area contributed by atoms with Crippen molar-refractivity contribution in [2.24, 2.45) is 5.10 Å². The van der Waals surface area contributed by atoms with Crippen LogP contribution in [-0.4, -0.2) is 33.6 Å². The number of carboxylic acids is 1. The summed E-state index contributed by atoms with van der Waals surface area (Å²) >= 11 is 3.58. The van der Waals surface area contributed by atoms with Gasteiger partial charge in [-0.25, -0.2) is 9.78 Å². The van der Waals surface area contributed by atoms with Gasteiger partial charge in [-0.05, 0) is 64.8 Å². The largest absolute Gasteiger partial charge is 0.490 e. The van der Waals surface area contributed by atoms with E-state index in [1.807, 2.05) is 43.3 Å². The number of aromatic nitrogens is 2. The average molecular weight is 598 g/mol. The Balaban J connectivity index is 1.51. The lowest BCUT2D eigenvalue weighted by atomic mass is 10.1. The summed E-state index contributed by atoms with van der Waals surface area (Å²) in [7, 11) is 0. The van der Waals surface area contributed by atoms with Gasteiger partial charge in [-0.3, -0.25) is 4.79 Å². The topological polar surface area (TPSA) is 103 Å². The molecule has 1 aromatic heterocycles. The van der Waals surface area contributed by atoms with Gasteiger partial charge in [-0.2, -0.15) is 9.78 Å². The van der Waals surface area contributed by atoms with Crippen LogP contribution in [0.15, 0.2) is 105 Å². The fourth-order valence-electron chi connectivity index (χ4n) is 4.11. The number of ether oxygens (including phenoxy) is 2. The number of carbonyl (C=O) groups is 1. The minimum Gasteiger partial charge on any atom is -0.490 e. The second kappa shape index (κ2) is 12.0. The lowest BCUT2D eigenvalue weighted by molar-refractivity contribution is 0.0696. The standard InChI is InChI=1S/C31H24BrN3O5/c1-2-39-27-16-23(25(32)17-28(27)40-19-20-9-8-12-22(15-20)31(37)38)18-33-35-29(21-10-4-3-5-11-21)34-26-14-7-6-13-24(26)30(35)36/h3-18H,2,19H2,1H3,(H,37,38). The van der Waals surface area contributed by atoms with Crippen molar-refractivity contribution < 1.29 is 19.4 Å². The SMILES string of the molecule is CCOc1cc(C=Nn2c(-c3ccccc3)nc3ccccc3c2=O)c(Br)cc1OCc1cccc(C(=O)O)c1. The molecular weight excluding hydrogens is 574 g/mol. The smallest absolute Gasteiger partial charge is 0.335 e. The Morgan fingerprint density at radius 2 is 1.73 bits per heavy atom. The molecule has 0 aliphatic carbocycles. The van der Waals surface area contributed by atoms with Gasteiger partial charge in [0.25, 0.3) is 5.56 Å². The first-order valence-electron chi connectivity index (χ1n) is 12.5. The Bertz CT molecular complexity index is 1780. The first kappa shape index (κ1) is 26.8. The van der Waals surface area contributed by atoms with Gasteiger partial charge < -0.3 is 14.6 Å². The summed E-state index contributed by atoms with van der Waals surface area (Å²) in [6, 6.07) is 26.7. The van der Waals surface area contributed by atoms with Crippen LogP contribution in [0.4, 0.5) is 0 Å². The van der Waals surface area contributed by atoms with Gasteiger partial charge in [0.05, 0.1) is 29.3 Å². The number of hydrogen-bond donors (Lipinski definition) is 1. The second-order valence-electron chi connectivity index (χ2n) is 8.73. The second-order valence-corrected chi connectivity index (χ2v) is 9.58. The quantitative estimate of drug-likeness (QED) is 0.198. The highest BCUT2D eigenvalue weighted by molar-refractivity contribution is 9.10. The molecule has 40 heavy (non-hydrogen) atoms. The first-order chi connectivity index (χ1) is 19.4. The number of fused-ring (bicyclic) bond motifs is 1. The number of carboxylic acid groups (broad SMARTS) is 1. The summed E-state index contributed by atoms with van der Waals surface area (Å²) < 4.78 is 13.8. The van der Waals surface area contributed by atoms with Crippen molar-refractivity contribution in [3.05, 3.63) is 123 Å². The minimum absolute atomic E-state index is 0.152. The summed E-state index contributed by atoms with van der Waals surface area (Å²) in [5.41, 5.74) is 2.61. The molecule has 200 valence electrons. The zero-order valence-corrected chi connectivity index (χ0v) is 23.0. The molecule has 5 aromatic rings. The van der Waals surface area contributed by atoms with Crippen molar-refractivity contribution >= 4 is 39.0 Å². The van der Waals surface area contributed by atoms with Crippen molar-refractivity contribution in [1.29, 1.82) is 0 Å². The molecule has 5 rings (SSSR count). The Morgan fingerprint density at radius 3 is 2.50 bits per heavy atom. The molecule has 9 heteroatoms. The maximum Gasteiger partial charge on any atom is 0.335 e. The Kier molecular flexibility index (Phi) is 8.02. The van der Waals surface area contributed by atoms with Crippen LogP contribution in [0.25, 0.3) is 22.3 Å². The van der Waals surface area contributed by atoms with E-state index in [0.29, 0.717) is 50.4 Å². The summed E-state index contributed by atoms with van der Waals surface area (Å²) in [5.74, 6) is 0.375. The number of halogens is 1. The van der Waals surface area contributed by atoms with Crippen LogP contribution in [0.2, 0.25) is 0 Å². The molecule has 0 unspecified atom stereocenters. The fourth-order valence-corrected chi connectivity index (χ4v) is 4.54. The van der Waals surface area contributed by atoms with Crippen molar-refractivity contribution in [1.82, 2.24) is 9.66 Å². The number of nitrogens with zero attached hydrogens (tertiary/aromatic N) is 3. The number of rotatable bonds is 9. The molecule has 1 heterocycles. The lowest BCUT2D eigenvalue weighted by Gasteiger charge is -2.14. The van der Waals surface area contributed by atoms with Gasteiger partial charge in [0.2, 0.25) is 0 Å². The summed E-state index contributed by atoms with van der Waals surface area (Å²) in [5, 5.41) is 14.3. The predicted octanol–water partition coefficient (Wildman–Crippen LogP) is 6.38. The maximum absolute atomic E-state index is 13.5. The molecule has 4 aromatic carbocycles. The zero-order valence-electron chi connectivity index (χ0n) is 21.5. The normalized spacial score (nSPS) is 11.2. The molecule has 0 saturated heterocycles. The molecule has 0 aliphatic heterocycles. The molecule has 0 saturated carbocycles. The highest BCUT2D eigenvalue weighted by Gasteiger charge is 2.14. The molecule has 8 nitrogen and oxygen atoms in total. The van der Waals surface area contributed by atoms with Crippen molar-refractivity contribution in [2.45, 2.75) is 13.5 Å². The van der Waals surface area contributed by atoms with E-state index in [1.165, 1.54) is 10.7 Å². The summed E-state index contributed by atoms with van der Waals surface area (Å²) in [4.78, 5) is 29.5. The lowest BCUT2D eigenvalue weighted by Crippen LogP contribution is -2.20. The monoisotopic (exact) mass is 597 g/mol. The molecular formula is C31H24BrN3O5. The van der Waals surface area contributed by atoms with E-state index in [2.05, 4.69) is 21.0 Å². The number of para-hydroxylation sites is 1. The number of aromatic carboxylic acids is 1. The number of benzene rings is 4. The Labute approximate surface area is 238 Å². The third-order valence-corrected chi connectivity index (χ3v) is 6.72. The zero-order chi connectivity index (χ0) is 28.1. The summed E-state index contributed by atoms with van der Waals surface area (Å²) in [6.07, 6.45) is 1.57. The van der Waals surface area contributed by atoms with Crippen molar-refractivity contribution in [3.8, 4) is 22.9 Å². The molecule has 0 spiro atoms. The van der Waals surface area contributed by atoms with Crippen LogP contribution >= 0.6 is 15.9 Å². The molecule has 0 bridgehead atoms. The van der Waals surface area contributed by atoms with Gasteiger partial charge in [0.15, 0.2) is 17.3 Å². The summed E-state index contributed by atoms with van der Waals surface area (Å²) in [6.45, 7) is 2.41. The Hall–Kier alpha value is -4.76. The van der Waals surface area contributed by atoms with E-state index in [0.717, 1.165) is 5.56 Å². The van der Waals surface area contributed by atoms with Crippen LogP contribution in [-0.2, 0) is 6.61 Å². The molecule has 0 amide bonds. The molecule has 0 aliphatic rings. The first-order valence-corrected chi connectivity index (χ1v) is 13.3. The predicted molar refractivity (Wildman–Crippen MR) is 157 cm³/mol. The highest BCUT2D eigenvalue weighted by Crippen LogP contribution is 2.34. The van der Waals surface area contributed by atoms with Crippen LogP contribution < -0.4 is 15.0 Å². The van der Waals surface area contributed by atoms with Crippen LogP contribution in [0.3, 0.4) is 0 Å². The van der Waals surface area contributed by atoms with E-state index < -0.39 is 5.97 Å². The maximum atomic E-state index is 13.5. The van der Waals surface area contributed by atoms with E-state index in [9.17, 15) is 14.7 Å². The molecule has 0 radical (unpaired) electrons. The minimum atomic E-state index is -1.00. The third kappa shape index (κ3) is 5.79. The number of hydrogen-bond acceptors (Lipinski definition) is 6. The van der Waals surface area contributed by atoms with Gasteiger partial charge in [0.1, 0.15) is 6.61 Å². The Morgan fingerprint density at radius 1 is 0.975 bits per heavy atom. The fraction of sp³-hybridized carbons (Fsp3) is 0.0968. The van der Waals surface area contributed by atoms with Crippen molar-refractivity contribution in [3.63, 3.8) is 0 Å². The third-order valence-electron chi connectivity index (χ3n) is 6.03. The van der Waals surface area contributed by atoms with E-state index in [1.54, 1.807) is 54.7 Å². The average Bonchev–Trinajstić information content (AvgIpc) is 2.97. The van der Waals surface area contributed by atoms with Crippen LogP contribution in [0, 0.1) is 0 Å². The molecule has 1 N–H and O–H groups in total. The van der Waals surface area contributed by atoms with E-state index >= 15 is 0 Å². The molecule has 0 atom stereocenters. The van der Waals surface area contributed by atoms with Gasteiger partial charge in [0, 0.05) is 15.6 Å². The molecule has 0 fully saturated rings. The van der Waals surface area contributed by atoms with E-state index in [-0.39, 0.29) is 17.7 Å². The van der Waals surface area contributed by atoms with Crippen molar-refractivity contribution in [2.75, 3.05) is 6.61 Å². The van der Waals surface area contributed by atoms with Crippen LogP contribution in [0.5, 0.6) is 11.5 Å². The van der Waals surface area contributed by atoms with E-state index in [4.69, 9.17) is 14.5 Å².